The summed E-state index contributed by atoms with van der Waals surface area (Å²) in [6, 6.07) is 23.7. The maximum atomic E-state index is 13.6. The van der Waals surface area contributed by atoms with Gasteiger partial charge in [0.25, 0.3) is 5.91 Å². The fourth-order valence-corrected chi connectivity index (χ4v) is 4.54. The van der Waals surface area contributed by atoms with Crippen LogP contribution < -0.4 is 0 Å². The summed E-state index contributed by atoms with van der Waals surface area (Å²) in [6.07, 6.45) is 0.791. The molecule has 1 aromatic heterocycles. The summed E-state index contributed by atoms with van der Waals surface area (Å²) in [5.41, 5.74) is 2.00. The molecule has 0 N–H and O–H groups in total. The van der Waals surface area contributed by atoms with Gasteiger partial charge in [-0.3, -0.25) is 9.59 Å². The molecule has 1 aliphatic rings. The van der Waals surface area contributed by atoms with Crippen LogP contribution in [0.2, 0.25) is 0 Å². The number of hydrogen-bond acceptors (Lipinski definition) is 3. The van der Waals surface area contributed by atoms with Crippen molar-refractivity contribution in [1.29, 1.82) is 0 Å². The maximum Gasteiger partial charge on any atom is 0.263 e. The lowest BCUT2D eigenvalue weighted by atomic mass is 9.90. The minimum atomic E-state index is -0.322. The summed E-state index contributed by atoms with van der Waals surface area (Å²) >= 11 is 1.47. The summed E-state index contributed by atoms with van der Waals surface area (Å²) < 4.78 is 0. The van der Waals surface area contributed by atoms with E-state index in [1.165, 1.54) is 11.3 Å². The van der Waals surface area contributed by atoms with Crippen LogP contribution in [0.1, 0.15) is 33.1 Å². The Morgan fingerprint density at radius 3 is 1.90 bits per heavy atom. The van der Waals surface area contributed by atoms with E-state index in [1.54, 1.807) is 0 Å². The molecular weight excluding hydrogens is 380 g/mol. The normalized spacial score (nSPS) is 14.7. The molecule has 3 aromatic rings. The van der Waals surface area contributed by atoms with E-state index in [0.717, 1.165) is 22.4 Å². The number of hydrogen-bond donors (Lipinski definition) is 0. The highest BCUT2D eigenvalue weighted by Gasteiger charge is 2.29. The third-order valence-electron chi connectivity index (χ3n) is 5.34. The van der Waals surface area contributed by atoms with Gasteiger partial charge in [0.2, 0.25) is 5.91 Å². The molecule has 2 amide bonds. The van der Waals surface area contributed by atoms with Crippen LogP contribution in [-0.2, 0) is 4.79 Å². The Hall–Kier alpha value is -2.92. The Kier molecular flexibility index (Phi) is 6.06. The number of carbonyl (C=O) groups is 2. The molecule has 0 saturated carbocycles. The molecule has 0 aliphatic carbocycles. The van der Waals surface area contributed by atoms with Gasteiger partial charge in [0.15, 0.2) is 0 Å². The average Bonchev–Trinajstić information content (AvgIpc) is 3.19. The number of amides is 2. The molecule has 0 unspecified atom stereocenters. The molecule has 1 fully saturated rings. The first kappa shape index (κ1) is 19.4. The lowest BCUT2D eigenvalue weighted by Gasteiger charge is -2.27. The van der Waals surface area contributed by atoms with E-state index in [2.05, 4.69) is 0 Å². The van der Waals surface area contributed by atoms with Crippen LogP contribution in [0.3, 0.4) is 0 Å². The molecule has 5 heteroatoms. The van der Waals surface area contributed by atoms with Crippen LogP contribution in [0.5, 0.6) is 0 Å². The van der Waals surface area contributed by atoms with E-state index in [4.69, 9.17) is 0 Å². The summed E-state index contributed by atoms with van der Waals surface area (Å²) in [6.45, 7) is 2.48. The van der Waals surface area contributed by atoms with Gasteiger partial charge in [0.05, 0.1) is 10.8 Å². The molecule has 1 aliphatic heterocycles. The van der Waals surface area contributed by atoms with Crippen molar-refractivity contribution in [3.63, 3.8) is 0 Å². The van der Waals surface area contributed by atoms with Crippen molar-refractivity contribution >= 4 is 23.2 Å². The largest absolute Gasteiger partial charge is 0.340 e. The Labute approximate surface area is 175 Å². The van der Waals surface area contributed by atoms with E-state index in [0.29, 0.717) is 26.2 Å². The minimum absolute atomic E-state index is 0.0666. The first-order valence-electron chi connectivity index (χ1n) is 9.95. The van der Waals surface area contributed by atoms with E-state index >= 15 is 0 Å². The summed E-state index contributed by atoms with van der Waals surface area (Å²) in [5, 5.41) is 1.92. The first-order chi connectivity index (χ1) is 14.2. The second kappa shape index (κ2) is 9.05. The van der Waals surface area contributed by atoms with Crippen molar-refractivity contribution < 1.29 is 9.59 Å². The molecule has 4 nitrogen and oxygen atoms in total. The van der Waals surface area contributed by atoms with Crippen molar-refractivity contribution in [2.45, 2.75) is 12.3 Å². The molecule has 0 atom stereocenters. The second-order valence-electron chi connectivity index (χ2n) is 7.20. The summed E-state index contributed by atoms with van der Waals surface area (Å²) in [4.78, 5) is 30.8. The van der Waals surface area contributed by atoms with Gasteiger partial charge in [0.1, 0.15) is 0 Å². The highest BCUT2D eigenvalue weighted by Crippen LogP contribution is 2.27. The van der Waals surface area contributed by atoms with Crippen molar-refractivity contribution in [1.82, 2.24) is 9.80 Å². The molecule has 0 spiro atoms. The van der Waals surface area contributed by atoms with Crippen LogP contribution in [0.15, 0.2) is 78.2 Å². The predicted molar refractivity (Wildman–Crippen MR) is 116 cm³/mol. The zero-order valence-electron chi connectivity index (χ0n) is 16.2. The van der Waals surface area contributed by atoms with Gasteiger partial charge in [-0.15, -0.1) is 11.3 Å². The molecule has 1 saturated heterocycles. The third-order valence-corrected chi connectivity index (χ3v) is 6.20. The standard InChI is InChI=1S/C24H24N2O2S/c27-23(21-13-7-18-29-21)25-14-8-15-26(17-16-25)24(28)22(19-9-3-1-4-10-19)20-11-5-2-6-12-20/h1-7,9-13,18,22H,8,14-17H2. The lowest BCUT2D eigenvalue weighted by Crippen LogP contribution is -2.39. The fourth-order valence-electron chi connectivity index (χ4n) is 3.85. The zero-order valence-corrected chi connectivity index (χ0v) is 17.1. The first-order valence-corrected chi connectivity index (χ1v) is 10.8. The van der Waals surface area contributed by atoms with Gasteiger partial charge in [-0.05, 0) is 29.0 Å². The molecule has 29 heavy (non-hydrogen) atoms. The number of rotatable bonds is 4. The average molecular weight is 405 g/mol. The van der Waals surface area contributed by atoms with Crippen LogP contribution in [0.25, 0.3) is 0 Å². The lowest BCUT2D eigenvalue weighted by molar-refractivity contribution is -0.131. The maximum absolute atomic E-state index is 13.6. The molecule has 2 heterocycles. The highest BCUT2D eigenvalue weighted by atomic mass is 32.1. The smallest absolute Gasteiger partial charge is 0.263 e. The topological polar surface area (TPSA) is 40.6 Å². The van der Waals surface area contributed by atoms with Crippen LogP contribution in [-0.4, -0.2) is 47.8 Å². The van der Waals surface area contributed by atoms with Crippen molar-refractivity contribution in [3.8, 4) is 0 Å². The predicted octanol–water partition coefficient (Wildman–Crippen LogP) is 4.25. The Morgan fingerprint density at radius 2 is 1.31 bits per heavy atom. The minimum Gasteiger partial charge on any atom is -0.340 e. The van der Waals surface area contributed by atoms with Crippen LogP contribution >= 0.6 is 11.3 Å². The summed E-state index contributed by atoms with van der Waals surface area (Å²) in [7, 11) is 0. The van der Waals surface area contributed by atoms with Gasteiger partial charge < -0.3 is 9.80 Å². The Balaban J connectivity index is 1.53. The molecule has 148 valence electrons. The Bertz CT molecular complexity index is 902. The highest BCUT2D eigenvalue weighted by molar-refractivity contribution is 7.12. The van der Waals surface area contributed by atoms with E-state index in [1.807, 2.05) is 88.0 Å². The number of carbonyl (C=O) groups excluding carboxylic acids is 2. The molecule has 2 aromatic carbocycles. The van der Waals surface area contributed by atoms with E-state index < -0.39 is 0 Å². The fraction of sp³-hybridized carbons (Fsp3) is 0.250. The van der Waals surface area contributed by atoms with Gasteiger partial charge in [-0.1, -0.05) is 66.7 Å². The number of benzene rings is 2. The van der Waals surface area contributed by atoms with Gasteiger partial charge in [0, 0.05) is 26.2 Å². The number of nitrogens with zero attached hydrogens (tertiary/aromatic N) is 2. The second-order valence-corrected chi connectivity index (χ2v) is 8.15. The van der Waals surface area contributed by atoms with Gasteiger partial charge in [-0.2, -0.15) is 0 Å². The Morgan fingerprint density at radius 1 is 0.724 bits per heavy atom. The van der Waals surface area contributed by atoms with Gasteiger partial charge in [-0.25, -0.2) is 0 Å². The number of thiophene rings is 1. The zero-order chi connectivity index (χ0) is 20.1. The van der Waals surface area contributed by atoms with E-state index in [9.17, 15) is 9.59 Å². The van der Waals surface area contributed by atoms with Crippen molar-refractivity contribution in [2.75, 3.05) is 26.2 Å². The quantitative estimate of drug-likeness (QED) is 0.652. The summed E-state index contributed by atoms with van der Waals surface area (Å²) in [5.74, 6) is -0.151. The molecular formula is C24H24N2O2S. The monoisotopic (exact) mass is 404 g/mol. The van der Waals surface area contributed by atoms with E-state index in [-0.39, 0.29) is 17.7 Å². The van der Waals surface area contributed by atoms with Crippen LogP contribution in [0, 0.1) is 0 Å². The third kappa shape index (κ3) is 4.40. The molecule has 4 rings (SSSR count). The van der Waals surface area contributed by atoms with Crippen molar-refractivity contribution in [2.24, 2.45) is 0 Å². The van der Waals surface area contributed by atoms with Crippen molar-refractivity contribution in [3.05, 3.63) is 94.2 Å². The van der Waals surface area contributed by atoms with Crippen LogP contribution in [0.4, 0.5) is 0 Å². The molecule has 0 bridgehead atoms. The SMILES string of the molecule is O=C(c1cccs1)N1CCCN(C(=O)C(c2ccccc2)c2ccccc2)CC1. The van der Waals surface area contributed by atoms with Gasteiger partial charge >= 0.3 is 0 Å². The molecule has 0 radical (unpaired) electrons.